The van der Waals surface area contributed by atoms with Crippen LogP contribution in [0.4, 0.5) is 5.69 Å². The third-order valence-electron chi connectivity index (χ3n) is 8.17. The van der Waals surface area contributed by atoms with Crippen LogP contribution in [-0.4, -0.2) is 72.7 Å². The Hall–Kier alpha value is -5.23. The zero-order valence-corrected chi connectivity index (χ0v) is 29.9. The molecule has 11 nitrogen and oxygen atoms in total. The third-order valence-corrected chi connectivity index (χ3v) is 9.93. The predicted molar refractivity (Wildman–Crippen MR) is 192 cm³/mol. The molecule has 1 atom stereocenters. The van der Waals surface area contributed by atoms with Crippen LogP contribution in [0.5, 0.6) is 23.0 Å². The fourth-order valence-corrected chi connectivity index (χ4v) is 6.88. The number of amides is 2. The standard InChI is InChI=1S/C38H45N3O8S/c1-6-7-22-39-38(43)33(23-28-14-10-8-11-15-28)40(26-29-16-12-9-13-17-29)37(42)27-41(32-24-30(46-2)18-20-34(32)47-3)50(44,45)31-19-21-35(48-4)36(25-31)49-5/h8-21,24-25,33H,6-7,22-23,26-27H2,1-5H3,(H,39,43). The molecule has 0 saturated heterocycles. The summed E-state index contributed by atoms with van der Waals surface area (Å²) in [4.78, 5) is 30.0. The summed E-state index contributed by atoms with van der Waals surface area (Å²) in [6.45, 7) is 1.85. The Bertz CT molecular complexity index is 1820. The topological polar surface area (TPSA) is 124 Å². The fourth-order valence-electron chi connectivity index (χ4n) is 5.45. The van der Waals surface area contributed by atoms with E-state index >= 15 is 0 Å². The predicted octanol–water partition coefficient (Wildman–Crippen LogP) is 5.47. The zero-order valence-electron chi connectivity index (χ0n) is 29.1. The number of carbonyl (C=O) groups excluding carboxylic acids is 2. The summed E-state index contributed by atoms with van der Waals surface area (Å²) in [6, 6.07) is 26.6. The minimum atomic E-state index is -4.48. The molecule has 4 aromatic carbocycles. The molecule has 0 aliphatic heterocycles. The second-order valence-corrected chi connectivity index (χ2v) is 13.3. The molecule has 50 heavy (non-hydrogen) atoms. The van der Waals surface area contributed by atoms with Gasteiger partial charge in [-0.3, -0.25) is 13.9 Å². The lowest BCUT2D eigenvalue weighted by Gasteiger charge is -2.34. The van der Waals surface area contributed by atoms with Crippen LogP contribution in [0.15, 0.2) is 102 Å². The number of ether oxygens (including phenoxy) is 4. The first kappa shape index (κ1) is 37.6. The van der Waals surface area contributed by atoms with Crippen LogP contribution in [0.2, 0.25) is 0 Å². The summed E-state index contributed by atoms with van der Waals surface area (Å²) in [5, 5.41) is 3.00. The van der Waals surface area contributed by atoms with E-state index < -0.39 is 28.5 Å². The summed E-state index contributed by atoms with van der Waals surface area (Å²) in [6.07, 6.45) is 1.85. The van der Waals surface area contributed by atoms with Gasteiger partial charge in [-0.05, 0) is 41.8 Å². The Morgan fingerprint density at radius 3 is 1.96 bits per heavy atom. The molecule has 4 aromatic rings. The molecule has 0 heterocycles. The highest BCUT2D eigenvalue weighted by molar-refractivity contribution is 7.92. The van der Waals surface area contributed by atoms with Crippen molar-refractivity contribution >= 4 is 27.5 Å². The second kappa shape index (κ2) is 18.0. The number of benzene rings is 4. The van der Waals surface area contributed by atoms with Gasteiger partial charge in [0.25, 0.3) is 10.0 Å². The highest BCUT2D eigenvalue weighted by Crippen LogP contribution is 2.38. The van der Waals surface area contributed by atoms with Crippen LogP contribution >= 0.6 is 0 Å². The minimum Gasteiger partial charge on any atom is -0.497 e. The maximum atomic E-state index is 14.8. The Labute approximate surface area is 294 Å². The smallest absolute Gasteiger partial charge is 0.265 e. The summed E-state index contributed by atoms with van der Waals surface area (Å²) >= 11 is 0. The molecule has 0 spiro atoms. The molecule has 1 N–H and O–H groups in total. The lowest BCUT2D eigenvalue weighted by Crippen LogP contribution is -2.53. The van der Waals surface area contributed by atoms with Crippen molar-refractivity contribution < 1.29 is 37.0 Å². The van der Waals surface area contributed by atoms with Gasteiger partial charge in [0, 0.05) is 31.6 Å². The highest BCUT2D eigenvalue weighted by atomic mass is 32.2. The van der Waals surface area contributed by atoms with Gasteiger partial charge >= 0.3 is 0 Å². The number of hydrogen-bond acceptors (Lipinski definition) is 8. The number of methoxy groups -OCH3 is 4. The van der Waals surface area contributed by atoms with E-state index in [0.717, 1.165) is 28.3 Å². The van der Waals surface area contributed by atoms with Crippen LogP contribution in [0, 0.1) is 0 Å². The number of hydrogen-bond donors (Lipinski definition) is 1. The molecule has 0 saturated carbocycles. The average molecular weight is 704 g/mol. The lowest BCUT2D eigenvalue weighted by molar-refractivity contribution is -0.140. The number of carbonyl (C=O) groups is 2. The van der Waals surface area contributed by atoms with E-state index in [1.807, 2.05) is 67.6 Å². The van der Waals surface area contributed by atoms with E-state index in [1.165, 1.54) is 57.6 Å². The van der Waals surface area contributed by atoms with Crippen LogP contribution in [0.1, 0.15) is 30.9 Å². The Balaban J connectivity index is 1.87. The van der Waals surface area contributed by atoms with Gasteiger partial charge < -0.3 is 29.2 Å². The molecule has 0 aliphatic carbocycles. The first-order valence-corrected chi connectivity index (χ1v) is 17.7. The quantitative estimate of drug-likeness (QED) is 0.135. The first-order valence-electron chi connectivity index (χ1n) is 16.3. The van der Waals surface area contributed by atoms with Crippen molar-refractivity contribution in [1.29, 1.82) is 0 Å². The average Bonchev–Trinajstić information content (AvgIpc) is 3.15. The van der Waals surface area contributed by atoms with Crippen LogP contribution < -0.4 is 28.6 Å². The Morgan fingerprint density at radius 2 is 1.36 bits per heavy atom. The SMILES string of the molecule is CCCCNC(=O)C(Cc1ccccc1)N(Cc1ccccc1)C(=O)CN(c1cc(OC)ccc1OC)S(=O)(=O)c1ccc(OC)c(OC)c1. The number of unbranched alkanes of at least 4 members (excludes halogenated alkanes) is 1. The van der Waals surface area contributed by atoms with E-state index in [4.69, 9.17) is 18.9 Å². The fraction of sp³-hybridized carbons (Fsp3) is 0.316. The lowest BCUT2D eigenvalue weighted by atomic mass is 10.0. The van der Waals surface area contributed by atoms with Gasteiger partial charge in [0.2, 0.25) is 11.8 Å². The number of nitrogens with one attached hydrogen (secondary N) is 1. The summed E-state index contributed by atoms with van der Waals surface area (Å²) < 4.78 is 52.0. The van der Waals surface area contributed by atoms with E-state index in [-0.39, 0.29) is 41.0 Å². The van der Waals surface area contributed by atoms with E-state index in [1.54, 1.807) is 12.1 Å². The number of anilines is 1. The molecule has 0 radical (unpaired) electrons. The Morgan fingerprint density at radius 1 is 0.740 bits per heavy atom. The van der Waals surface area contributed by atoms with Crippen molar-refractivity contribution in [3.05, 3.63) is 108 Å². The molecule has 2 amide bonds. The van der Waals surface area contributed by atoms with E-state index in [2.05, 4.69) is 5.32 Å². The summed E-state index contributed by atoms with van der Waals surface area (Å²) in [5.41, 5.74) is 1.69. The van der Waals surface area contributed by atoms with Crippen molar-refractivity contribution in [2.45, 2.75) is 43.7 Å². The van der Waals surface area contributed by atoms with Gasteiger partial charge in [-0.15, -0.1) is 0 Å². The second-order valence-electron chi connectivity index (χ2n) is 11.4. The van der Waals surface area contributed by atoms with Crippen LogP contribution in [-0.2, 0) is 32.6 Å². The first-order chi connectivity index (χ1) is 24.2. The normalized spacial score (nSPS) is 11.6. The molecule has 0 bridgehead atoms. The molecule has 266 valence electrons. The molecule has 1 unspecified atom stereocenters. The number of nitrogens with zero attached hydrogens (tertiary/aromatic N) is 2. The number of rotatable bonds is 18. The maximum absolute atomic E-state index is 14.8. The van der Waals surface area contributed by atoms with Crippen molar-refractivity contribution in [3.8, 4) is 23.0 Å². The number of sulfonamides is 1. The highest BCUT2D eigenvalue weighted by Gasteiger charge is 2.36. The maximum Gasteiger partial charge on any atom is 0.265 e. The van der Waals surface area contributed by atoms with E-state index in [0.29, 0.717) is 18.0 Å². The van der Waals surface area contributed by atoms with Crippen molar-refractivity contribution in [2.24, 2.45) is 0 Å². The van der Waals surface area contributed by atoms with Gasteiger partial charge in [0.15, 0.2) is 11.5 Å². The third kappa shape index (κ3) is 9.26. The van der Waals surface area contributed by atoms with Gasteiger partial charge in [-0.2, -0.15) is 0 Å². The Kier molecular flexibility index (Phi) is 13.5. The molecule has 0 aromatic heterocycles. The van der Waals surface area contributed by atoms with Crippen molar-refractivity contribution in [2.75, 3.05) is 45.8 Å². The van der Waals surface area contributed by atoms with E-state index in [9.17, 15) is 18.0 Å². The van der Waals surface area contributed by atoms with Crippen LogP contribution in [0.3, 0.4) is 0 Å². The van der Waals surface area contributed by atoms with Gasteiger partial charge in [-0.1, -0.05) is 74.0 Å². The van der Waals surface area contributed by atoms with Crippen molar-refractivity contribution in [3.63, 3.8) is 0 Å². The van der Waals surface area contributed by atoms with Gasteiger partial charge in [-0.25, -0.2) is 8.42 Å². The molecule has 0 fully saturated rings. The molecule has 0 aliphatic rings. The summed E-state index contributed by atoms with van der Waals surface area (Å²) in [5.74, 6) is 0.124. The largest absolute Gasteiger partial charge is 0.497 e. The monoisotopic (exact) mass is 703 g/mol. The summed E-state index contributed by atoms with van der Waals surface area (Å²) in [7, 11) is 1.24. The van der Waals surface area contributed by atoms with Gasteiger partial charge in [0.05, 0.1) is 39.0 Å². The molecule has 12 heteroatoms. The minimum absolute atomic E-state index is 0.0534. The molecular formula is C38H45N3O8S. The molecular weight excluding hydrogens is 658 g/mol. The van der Waals surface area contributed by atoms with Gasteiger partial charge in [0.1, 0.15) is 24.1 Å². The molecule has 4 rings (SSSR count). The zero-order chi connectivity index (χ0) is 36.1. The van der Waals surface area contributed by atoms with Crippen LogP contribution in [0.25, 0.3) is 0 Å². The van der Waals surface area contributed by atoms with Crippen molar-refractivity contribution in [1.82, 2.24) is 10.2 Å².